The van der Waals surface area contributed by atoms with Crippen LogP contribution < -0.4 is 10.2 Å². The molecule has 2 rings (SSSR count). The van der Waals surface area contributed by atoms with Crippen molar-refractivity contribution in [2.75, 3.05) is 24.5 Å². The second-order valence-electron chi connectivity index (χ2n) is 3.93. The molecule has 6 heteroatoms. The maximum Gasteiger partial charge on any atom is 0.287 e. The Kier molecular flexibility index (Phi) is 3.00. The summed E-state index contributed by atoms with van der Waals surface area (Å²) < 4.78 is 0. The number of aromatic nitrogens is 1. The molecule has 1 saturated heterocycles. The maximum atomic E-state index is 10.5. The first-order valence-corrected chi connectivity index (χ1v) is 5.25. The maximum absolute atomic E-state index is 10.5. The van der Waals surface area contributed by atoms with Gasteiger partial charge in [0.25, 0.3) is 5.69 Å². The molecule has 1 fully saturated rings. The average molecular weight is 222 g/mol. The average Bonchev–Trinajstić information content (AvgIpc) is 2.29. The molecule has 1 aromatic rings. The third-order valence-electron chi connectivity index (χ3n) is 2.64. The third kappa shape index (κ3) is 2.27. The van der Waals surface area contributed by atoms with Crippen molar-refractivity contribution in [3.05, 3.63) is 28.4 Å². The van der Waals surface area contributed by atoms with Gasteiger partial charge in [-0.1, -0.05) is 0 Å². The molecule has 1 aliphatic heterocycles. The highest BCUT2D eigenvalue weighted by molar-refractivity contribution is 5.43. The van der Waals surface area contributed by atoms with Gasteiger partial charge < -0.3 is 10.2 Å². The van der Waals surface area contributed by atoms with E-state index in [-0.39, 0.29) is 5.69 Å². The first kappa shape index (κ1) is 10.8. The van der Waals surface area contributed by atoms with Crippen LogP contribution >= 0.6 is 0 Å². The molecule has 0 bridgehead atoms. The van der Waals surface area contributed by atoms with Gasteiger partial charge in [0.1, 0.15) is 12.0 Å². The van der Waals surface area contributed by atoms with Gasteiger partial charge >= 0.3 is 0 Å². The molecule has 6 nitrogen and oxygen atoms in total. The minimum atomic E-state index is -0.433. The number of nitro groups is 1. The summed E-state index contributed by atoms with van der Waals surface area (Å²) >= 11 is 0. The van der Waals surface area contributed by atoms with Crippen molar-refractivity contribution >= 4 is 11.5 Å². The standard InChI is InChI=1S/C10H14N4O2/c1-8-7-13(5-4-11-8)10-3-2-9(6-12-10)14(15)16/h2-3,6,8,11H,4-5,7H2,1H3/t8-/m1/s1. The van der Waals surface area contributed by atoms with Crippen LogP contribution in [0.3, 0.4) is 0 Å². The number of rotatable bonds is 2. The monoisotopic (exact) mass is 222 g/mol. The van der Waals surface area contributed by atoms with Crippen LogP contribution in [0.4, 0.5) is 11.5 Å². The van der Waals surface area contributed by atoms with Crippen LogP contribution in [0.5, 0.6) is 0 Å². The lowest BCUT2D eigenvalue weighted by atomic mass is 10.2. The van der Waals surface area contributed by atoms with Gasteiger partial charge in [-0.05, 0) is 13.0 Å². The summed E-state index contributed by atoms with van der Waals surface area (Å²) in [6.45, 7) is 4.79. The van der Waals surface area contributed by atoms with Crippen LogP contribution in [0, 0.1) is 10.1 Å². The fourth-order valence-electron chi connectivity index (χ4n) is 1.81. The van der Waals surface area contributed by atoms with Crippen LogP contribution in [0.15, 0.2) is 18.3 Å². The summed E-state index contributed by atoms with van der Waals surface area (Å²) in [7, 11) is 0. The highest BCUT2D eigenvalue weighted by Gasteiger charge is 2.17. The molecule has 0 unspecified atom stereocenters. The van der Waals surface area contributed by atoms with Crippen LogP contribution in [-0.2, 0) is 0 Å². The van der Waals surface area contributed by atoms with Crippen molar-refractivity contribution in [1.29, 1.82) is 0 Å². The second kappa shape index (κ2) is 4.44. The van der Waals surface area contributed by atoms with Gasteiger partial charge in [-0.3, -0.25) is 10.1 Å². The van der Waals surface area contributed by atoms with Gasteiger partial charge in [0, 0.05) is 31.7 Å². The minimum absolute atomic E-state index is 0.0342. The Bertz CT molecular complexity index is 379. The molecule has 1 N–H and O–H groups in total. The number of anilines is 1. The molecule has 16 heavy (non-hydrogen) atoms. The number of piperazine rings is 1. The Morgan fingerprint density at radius 3 is 3.00 bits per heavy atom. The Labute approximate surface area is 93.4 Å². The van der Waals surface area contributed by atoms with Crippen LogP contribution in [0.2, 0.25) is 0 Å². The molecule has 1 atom stereocenters. The number of hydrogen-bond acceptors (Lipinski definition) is 5. The minimum Gasteiger partial charge on any atom is -0.354 e. The van der Waals surface area contributed by atoms with E-state index in [9.17, 15) is 10.1 Å². The Hall–Kier alpha value is -1.69. The van der Waals surface area contributed by atoms with E-state index >= 15 is 0 Å². The summed E-state index contributed by atoms with van der Waals surface area (Å²) in [5.41, 5.74) is 0.0342. The molecule has 0 amide bonds. The first-order chi connectivity index (χ1) is 7.66. The van der Waals surface area contributed by atoms with Gasteiger partial charge in [-0.2, -0.15) is 0 Å². The van der Waals surface area contributed by atoms with Crippen molar-refractivity contribution in [2.24, 2.45) is 0 Å². The fourth-order valence-corrected chi connectivity index (χ4v) is 1.81. The third-order valence-corrected chi connectivity index (χ3v) is 2.64. The zero-order valence-corrected chi connectivity index (χ0v) is 9.09. The largest absolute Gasteiger partial charge is 0.354 e. The highest BCUT2D eigenvalue weighted by atomic mass is 16.6. The van der Waals surface area contributed by atoms with Gasteiger partial charge in [-0.25, -0.2) is 4.98 Å². The van der Waals surface area contributed by atoms with Gasteiger partial charge in [0.15, 0.2) is 0 Å². The predicted octanol–water partition coefficient (Wildman–Crippen LogP) is 0.788. The number of hydrogen-bond donors (Lipinski definition) is 1. The van der Waals surface area contributed by atoms with Gasteiger partial charge in [0.2, 0.25) is 0 Å². The van der Waals surface area contributed by atoms with Crippen molar-refractivity contribution in [2.45, 2.75) is 13.0 Å². The molecule has 0 radical (unpaired) electrons. The molecule has 0 spiro atoms. The number of pyridine rings is 1. The van der Waals surface area contributed by atoms with E-state index in [2.05, 4.69) is 22.1 Å². The van der Waals surface area contributed by atoms with E-state index in [1.54, 1.807) is 6.07 Å². The lowest BCUT2D eigenvalue weighted by molar-refractivity contribution is -0.385. The van der Waals surface area contributed by atoms with E-state index in [0.717, 1.165) is 25.5 Å². The van der Waals surface area contributed by atoms with Crippen molar-refractivity contribution in [3.8, 4) is 0 Å². The van der Waals surface area contributed by atoms with Crippen LogP contribution in [0.25, 0.3) is 0 Å². The predicted molar refractivity (Wildman–Crippen MR) is 60.6 cm³/mol. The molecule has 0 aromatic carbocycles. The zero-order valence-electron chi connectivity index (χ0n) is 9.09. The van der Waals surface area contributed by atoms with Gasteiger partial charge in [-0.15, -0.1) is 0 Å². The van der Waals surface area contributed by atoms with E-state index < -0.39 is 4.92 Å². The van der Waals surface area contributed by atoms with Crippen molar-refractivity contribution in [3.63, 3.8) is 0 Å². The van der Waals surface area contributed by atoms with E-state index in [1.165, 1.54) is 12.3 Å². The molecular weight excluding hydrogens is 208 g/mol. The van der Waals surface area contributed by atoms with Gasteiger partial charge in [0.05, 0.1) is 4.92 Å². The summed E-state index contributed by atoms with van der Waals surface area (Å²) in [6, 6.07) is 3.62. The van der Waals surface area contributed by atoms with E-state index in [1.807, 2.05) is 0 Å². The number of nitrogens with zero attached hydrogens (tertiary/aromatic N) is 3. The molecule has 1 aromatic heterocycles. The lowest BCUT2D eigenvalue weighted by Crippen LogP contribution is -2.49. The molecular formula is C10H14N4O2. The molecule has 0 aliphatic carbocycles. The molecule has 1 aliphatic rings. The van der Waals surface area contributed by atoms with Crippen LogP contribution in [0.1, 0.15) is 6.92 Å². The summed E-state index contributed by atoms with van der Waals surface area (Å²) in [5, 5.41) is 13.8. The highest BCUT2D eigenvalue weighted by Crippen LogP contribution is 2.16. The van der Waals surface area contributed by atoms with E-state index in [4.69, 9.17) is 0 Å². The van der Waals surface area contributed by atoms with Crippen molar-refractivity contribution in [1.82, 2.24) is 10.3 Å². The molecule has 0 saturated carbocycles. The normalized spacial score (nSPS) is 20.8. The van der Waals surface area contributed by atoms with Crippen LogP contribution in [-0.4, -0.2) is 35.6 Å². The Morgan fingerprint density at radius 1 is 1.62 bits per heavy atom. The SMILES string of the molecule is C[C@@H]1CN(c2ccc([N+](=O)[O-])cn2)CCN1. The molecule has 2 heterocycles. The summed E-state index contributed by atoms with van der Waals surface area (Å²) in [6.07, 6.45) is 1.31. The zero-order chi connectivity index (χ0) is 11.5. The number of nitrogens with one attached hydrogen (secondary N) is 1. The van der Waals surface area contributed by atoms with E-state index in [0.29, 0.717) is 6.04 Å². The van der Waals surface area contributed by atoms with Crippen molar-refractivity contribution < 1.29 is 4.92 Å². The smallest absolute Gasteiger partial charge is 0.287 e. The fraction of sp³-hybridized carbons (Fsp3) is 0.500. The summed E-state index contributed by atoms with van der Waals surface area (Å²) in [4.78, 5) is 16.3. The first-order valence-electron chi connectivity index (χ1n) is 5.25. The topological polar surface area (TPSA) is 71.3 Å². The molecule has 86 valence electrons. The summed E-state index contributed by atoms with van der Waals surface area (Å²) in [5.74, 6) is 0.805. The Morgan fingerprint density at radius 2 is 2.44 bits per heavy atom. The quantitative estimate of drug-likeness (QED) is 0.591. The Balaban J connectivity index is 2.11. The lowest BCUT2D eigenvalue weighted by Gasteiger charge is -2.32. The second-order valence-corrected chi connectivity index (χ2v) is 3.93.